The molecule has 1 aromatic rings. The summed E-state index contributed by atoms with van der Waals surface area (Å²) in [6, 6.07) is 5.88. The lowest BCUT2D eigenvalue weighted by Crippen LogP contribution is -2.20. The summed E-state index contributed by atoms with van der Waals surface area (Å²) in [6.07, 6.45) is 4.15. The number of benzene rings is 1. The molecular formula is C11H15BrN2. The molecule has 3 N–H and O–H groups in total. The standard InChI is InChI=1S/C11H15BrN2/c12-10-6-9(13)4-5-11(10)14-7-8-2-1-3-8/h4-6,8,14H,1-3,7,13H2. The number of nitrogens with two attached hydrogens (primary N) is 1. The molecule has 1 aliphatic rings. The van der Waals surface area contributed by atoms with Gasteiger partial charge in [0.05, 0.1) is 0 Å². The van der Waals surface area contributed by atoms with E-state index >= 15 is 0 Å². The van der Waals surface area contributed by atoms with E-state index in [2.05, 4.69) is 21.2 Å². The van der Waals surface area contributed by atoms with E-state index in [1.54, 1.807) is 0 Å². The minimum Gasteiger partial charge on any atom is -0.399 e. The van der Waals surface area contributed by atoms with Crippen LogP contribution in [0.5, 0.6) is 0 Å². The zero-order chi connectivity index (χ0) is 9.97. The maximum atomic E-state index is 5.66. The fourth-order valence-corrected chi connectivity index (χ4v) is 2.16. The summed E-state index contributed by atoms with van der Waals surface area (Å²) in [6.45, 7) is 1.09. The predicted molar refractivity (Wildman–Crippen MR) is 64.4 cm³/mol. The number of halogens is 1. The first-order chi connectivity index (χ1) is 6.75. The molecule has 76 valence electrons. The zero-order valence-corrected chi connectivity index (χ0v) is 9.68. The van der Waals surface area contributed by atoms with Gasteiger partial charge >= 0.3 is 0 Å². The van der Waals surface area contributed by atoms with Gasteiger partial charge in [-0.1, -0.05) is 6.42 Å². The summed E-state index contributed by atoms with van der Waals surface area (Å²) in [5.74, 6) is 0.874. The maximum absolute atomic E-state index is 5.66. The summed E-state index contributed by atoms with van der Waals surface area (Å²) in [7, 11) is 0. The van der Waals surface area contributed by atoms with Gasteiger partial charge in [-0.25, -0.2) is 0 Å². The second-order valence-corrected chi connectivity index (χ2v) is 4.77. The van der Waals surface area contributed by atoms with Crippen LogP contribution in [0.1, 0.15) is 19.3 Å². The molecule has 3 heteroatoms. The Morgan fingerprint density at radius 1 is 1.43 bits per heavy atom. The van der Waals surface area contributed by atoms with E-state index in [0.717, 1.165) is 28.3 Å². The van der Waals surface area contributed by atoms with Crippen molar-refractivity contribution in [1.29, 1.82) is 0 Å². The minimum absolute atomic E-state index is 0.797. The third kappa shape index (κ3) is 2.21. The Hall–Kier alpha value is -0.700. The summed E-state index contributed by atoms with van der Waals surface area (Å²) in [4.78, 5) is 0. The molecule has 0 unspecified atom stereocenters. The predicted octanol–water partition coefficient (Wildman–Crippen LogP) is 3.24. The molecule has 0 amide bonds. The van der Waals surface area contributed by atoms with Gasteiger partial charge in [0.1, 0.15) is 0 Å². The number of nitrogen functional groups attached to an aromatic ring is 1. The number of hydrogen-bond donors (Lipinski definition) is 2. The van der Waals surface area contributed by atoms with Crippen LogP contribution in [0.3, 0.4) is 0 Å². The molecule has 0 bridgehead atoms. The Morgan fingerprint density at radius 2 is 2.21 bits per heavy atom. The van der Waals surface area contributed by atoms with Gasteiger partial charge in [0.15, 0.2) is 0 Å². The lowest BCUT2D eigenvalue weighted by Gasteiger charge is -2.26. The number of anilines is 2. The van der Waals surface area contributed by atoms with Crippen LogP contribution in [0.15, 0.2) is 22.7 Å². The fraction of sp³-hybridized carbons (Fsp3) is 0.455. The molecular weight excluding hydrogens is 240 g/mol. The Balaban J connectivity index is 1.94. The quantitative estimate of drug-likeness (QED) is 0.813. The summed E-state index contributed by atoms with van der Waals surface area (Å²) in [5, 5.41) is 3.44. The highest BCUT2D eigenvalue weighted by molar-refractivity contribution is 9.10. The van der Waals surface area contributed by atoms with Gasteiger partial charge in [0, 0.05) is 22.4 Å². The van der Waals surface area contributed by atoms with Crippen LogP contribution in [0, 0.1) is 5.92 Å². The lowest BCUT2D eigenvalue weighted by atomic mass is 9.85. The molecule has 0 heterocycles. The Kier molecular flexibility index (Phi) is 2.96. The van der Waals surface area contributed by atoms with Gasteiger partial charge in [0.2, 0.25) is 0 Å². The van der Waals surface area contributed by atoms with Gasteiger partial charge in [-0.05, 0) is 52.9 Å². The number of rotatable bonds is 3. The maximum Gasteiger partial charge on any atom is 0.0486 e. The Morgan fingerprint density at radius 3 is 2.79 bits per heavy atom. The van der Waals surface area contributed by atoms with Crippen LogP contribution in [0.2, 0.25) is 0 Å². The lowest BCUT2D eigenvalue weighted by molar-refractivity contribution is 0.333. The molecule has 2 nitrogen and oxygen atoms in total. The van der Waals surface area contributed by atoms with Crippen LogP contribution in [-0.4, -0.2) is 6.54 Å². The van der Waals surface area contributed by atoms with Crippen molar-refractivity contribution < 1.29 is 0 Å². The van der Waals surface area contributed by atoms with Crippen LogP contribution in [0.4, 0.5) is 11.4 Å². The van der Waals surface area contributed by atoms with Gasteiger partial charge in [-0.2, -0.15) is 0 Å². The molecule has 0 saturated heterocycles. The van der Waals surface area contributed by atoms with Crippen LogP contribution in [0.25, 0.3) is 0 Å². The number of nitrogens with one attached hydrogen (secondary N) is 1. The topological polar surface area (TPSA) is 38.0 Å². The molecule has 0 aromatic heterocycles. The molecule has 0 radical (unpaired) electrons. The van der Waals surface area contributed by atoms with Gasteiger partial charge in [-0.3, -0.25) is 0 Å². The van der Waals surface area contributed by atoms with Gasteiger partial charge < -0.3 is 11.1 Å². The van der Waals surface area contributed by atoms with Crippen molar-refractivity contribution in [2.24, 2.45) is 5.92 Å². The largest absolute Gasteiger partial charge is 0.399 e. The monoisotopic (exact) mass is 254 g/mol. The molecule has 1 saturated carbocycles. The second-order valence-electron chi connectivity index (χ2n) is 3.92. The van der Waals surface area contributed by atoms with Gasteiger partial charge in [0.25, 0.3) is 0 Å². The fourth-order valence-electron chi connectivity index (χ4n) is 1.63. The summed E-state index contributed by atoms with van der Waals surface area (Å²) in [5.41, 5.74) is 7.60. The van der Waals surface area contributed by atoms with Crippen molar-refractivity contribution in [1.82, 2.24) is 0 Å². The molecule has 14 heavy (non-hydrogen) atoms. The average Bonchev–Trinajstić information content (AvgIpc) is 2.05. The van der Waals surface area contributed by atoms with E-state index in [0.29, 0.717) is 0 Å². The first kappa shape index (κ1) is 9.84. The minimum atomic E-state index is 0.797. The second kappa shape index (κ2) is 4.22. The average molecular weight is 255 g/mol. The molecule has 1 aromatic carbocycles. The van der Waals surface area contributed by atoms with Crippen LogP contribution >= 0.6 is 15.9 Å². The third-order valence-corrected chi connectivity index (χ3v) is 3.46. The molecule has 0 aliphatic heterocycles. The van der Waals surface area contributed by atoms with E-state index in [-0.39, 0.29) is 0 Å². The van der Waals surface area contributed by atoms with Crippen molar-refractivity contribution in [3.05, 3.63) is 22.7 Å². The molecule has 0 spiro atoms. The molecule has 0 atom stereocenters. The van der Waals surface area contributed by atoms with E-state index in [1.807, 2.05) is 18.2 Å². The van der Waals surface area contributed by atoms with Gasteiger partial charge in [-0.15, -0.1) is 0 Å². The van der Waals surface area contributed by atoms with Crippen LogP contribution in [-0.2, 0) is 0 Å². The molecule has 1 aliphatic carbocycles. The van der Waals surface area contributed by atoms with Crippen molar-refractivity contribution in [3.63, 3.8) is 0 Å². The van der Waals surface area contributed by atoms with Crippen molar-refractivity contribution in [3.8, 4) is 0 Å². The van der Waals surface area contributed by atoms with E-state index in [4.69, 9.17) is 5.73 Å². The smallest absolute Gasteiger partial charge is 0.0486 e. The van der Waals surface area contributed by atoms with Crippen molar-refractivity contribution in [2.75, 3.05) is 17.6 Å². The Bertz CT molecular complexity index is 321. The number of hydrogen-bond acceptors (Lipinski definition) is 2. The summed E-state index contributed by atoms with van der Waals surface area (Å²) < 4.78 is 1.05. The highest BCUT2D eigenvalue weighted by atomic mass is 79.9. The van der Waals surface area contributed by atoms with E-state index in [1.165, 1.54) is 19.3 Å². The zero-order valence-electron chi connectivity index (χ0n) is 8.09. The third-order valence-electron chi connectivity index (χ3n) is 2.80. The van der Waals surface area contributed by atoms with Crippen LogP contribution < -0.4 is 11.1 Å². The first-order valence-electron chi connectivity index (χ1n) is 5.04. The molecule has 1 fully saturated rings. The van der Waals surface area contributed by atoms with E-state index in [9.17, 15) is 0 Å². The van der Waals surface area contributed by atoms with Crippen molar-refractivity contribution >= 4 is 27.3 Å². The Labute approximate surface area is 93.0 Å². The highest BCUT2D eigenvalue weighted by Crippen LogP contribution is 2.29. The summed E-state index contributed by atoms with van der Waals surface area (Å²) >= 11 is 3.49. The highest BCUT2D eigenvalue weighted by Gasteiger charge is 2.16. The first-order valence-corrected chi connectivity index (χ1v) is 5.84. The van der Waals surface area contributed by atoms with Crippen molar-refractivity contribution in [2.45, 2.75) is 19.3 Å². The van der Waals surface area contributed by atoms with E-state index < -0.39 is 0 Å². The molecule has 2 rings (SSSR count). The SMILES string of the molecule is Nc1ccc(NCC2CCC2)c(Br)c1. The normalized spacial score (nSPS) is 16.4.